The molecule has 5 nitrogen and oxygen atoms in total. The third kappa shape index (κ3) is 3.98. The molecule has 6 heteroatoms. The fourth-order valence-corrected chi connectivity index (χ4v) is 1.64. The molecule has 1 rings (SSSR count). The highest BCUT2D eigenvalue weighted by Gasteiger charge is 2.17. The molecule has 0 aromatic carbocycles. The lowest BCUT2D eigenvalue weighted by atomic mass is 10.1. The molecule has 0 saturated carbocycles. The summed E-state index contributed by atoms with van der Waals surface area (Å²) in [7, 11) is 0. The molecule has 2 N–H and O–H groups in total. The summed E-state index contributed by atoms with van der Waals surface area (Å²) in [6.45, 7) is 1.41. The molecule has 0 aliphatic rings. The molecule has 1 atom stereocenters. The summed E-state index contributed by atoms with van der Waals surface area (Å²) >= 11 is 3.19. The molecule has 0 bridgehead atoms. The van der Waals surface area contributed by atoms with Crippen LogP contribution in [0.3, 0.4) is 0 Å². The van der Waals surface area contributed by atoms with Gasteiger partial charge in [0.15, 0.2) is 0 Å². The number of amides is 1. The van der Waals surface area contributed by atoms with Gasteiger partial charge in [-0.25, -0.2) is 9.78 Å². The summed E-state index contributed by atoms with van der Waals surface area (Å²) in [5.41, 5.74) is 0.520. The van der Waals surface area contributed by atoms with Crippen LogP contribution in [0.15, 0.2) is 22.8 Å². The minimum Gasteiger partial charge on any atom is -0.465 e. The van der Waals surface area contributed by atoms with Crippen molar-refractivity contribution in [2.24, 2.45) is 0 Å². The highest BCUT2D eigenvalue weighted by Crippen LogP contribution is 2.17. The SMILES string of the molecule is CC(=O)CC(NC(=O)O)c1cccc(Br)n1. The molecule has 1 unspecified atom stereocenters. The Morgan fingerprint density at radius 2 is 2.25 bits per heavy atom. The number of halogens is 1. The fraction of sp³-hybridized carbons (Fsp3) is 0.300. The lowest BCUT2D eigenvalue weighted by Gasteiger charge is -2.14. The van der Waals surface area contributed by atoms with Gasteiger partial charge >= 0.3 is 6.09 Å². The molecule has 0 saturated heterocycles. The van der Waals surface area contributed by atoms with Gasteiger partial charge in [0.2, 0.25) is 0 Å². The minimum atomic E-state index is -1.17. The van der Waals surface area contributed by atoms with E-state index in [0.717, 1.165) is 0 Å². The van der Waals surface area contributed by atoms with E-state index in [9.17, 15) is 9.59 Å². The Bertz CT molecular complexity index is 393. The zero-order valence-electron chi connectivity index (χ0n) is 8.61. The monoisotopic (exact) mass is 286 g/mol. The number of nitrogens with zero attached hydrogens (tertiary/aromatic N) is 1. The molecule has 0 spiro atoms. The van der Waals surface area contributed by atoms with Crippen LogP contribution in [0.25, 0.3) is 0 Å². The lowest BCUT2D eigenvalue weighted by Crippen LogP contribution is -2.28. The van der Waals surface area contributed by atoms with Gasteiger partial charge in [0.25, 0.3) is 0 Å². The van der Waals surface area contributed by atoms with Crippen molar-refractivity contribution in [2.45, 2.75) is 19.4 Å². The zero-order chi connectivity index (χ0) is 12.1. The van der Waals surface area contributed by atoms with Gasteiger partial charge in [0.05, 0.1) is 11.7 Å². The topological polar surface area (TPSA) is 79.3 Å². The second-order valence-corrected chi connectivity index (χ2v) is 4.11. The van der Waals surface area contributed by atoms with E-state index in [1.54, 1.807) is 18.2 Å². The van der Waals surface area contributed by atoms with Gasteiger partial charge < -0.3 is 10.4 Å². The summed E-state index contributed by atoms with van der Waals surface area (Å²) in [6, 6.07) is 4.54. The van der Waals surface area contributed by atoms with Crippen LogP contribution in [-0.4, -0.2) is 22.0 Å². The quantitative estimate of drug-likeness (QED) is 0.831. The van der Waals surface area contributed by atoms with E-state index in [0.29, 0.717) is 10.3 Å². The first-order valence-electron chi connectivity index (χ1n) is 4.60. The van der Waals surface area contributed by atoms with Crippen molar-refractivity contribution in [2.75, 3.05) is 0 Å². The minimum absolute atomic E-state index is 0.0930. The van der Waals surface area contributed by atoms with Crippen molar-refractivity contribution in [3.05, 3.63) is 28.5 Å². The molecule has 86 valence electrons. The summed E-state index contributed by atoms with van der Waals surface area (Å²) in [4.78, 5) is 25.7. The van der Waals surface area contributed by atoms with Crippen molar-refractivity contribution in [1.29, 1.82) is 0 Å². The van der Waals surface area contributed by atoms with E-state index >= 15 is 0 Å². The van der Waals surface area contributed by atoms with Crippen molar-refractivity contribution in [1.82, 2.24) is 10.3 Å². The van der Waals surface area contributed by atoms with Crippen molar-refractivity contribution in [3.8, 4) is 0 Å². The Labute approximate surface area is 101 Å². The Balaban J connectivity index is 2.90. The van der Waals surface area contributed by atoms with Crippen LogP contribution in [0.1, 0.15) is 25.1 Å². The largest absolute Gasteiger partial charge is 0.465 e. The normalized spacial score (nSPS) is 11.9. The molecule has 0 radical (unpaired) electrons. The number of carbonyl (C=O) groups is 2. The molecule has 1 aromatic rings. The number of hydrogen-bond acceptors (Lipinski definition) is 3. The molecular weight excluding hydrogens is 276 g/mol. The maximum atomic E-state index is 11.0. The van der Waals surface area contributed by atoms with Crippen molar-refractivity contribution >= 4 is 27.8 Å². The van der Waals surface area contributed by atoms with E-state index in [1.165, 1.54) is 6.92 Å². The first-order chi connectivity index (χ1) is 7.49. The number of pyridine rings is 1. The summed E-state index contributed by atoms with van der Waals surface area (Å²) in [6.07, 6.45) is -1.08. The van der Waals surface area contributed by atoms with Gasteiger partial charge in [-0.15, -0.1) is 0 Å². The van der Waals surface area contributed by atoms with Gasteiger partial charge in [-0.3, -0.25) is 4.79 Å². The van der Waals surface area contributed by atoms with Crippen molar-refractivity contribution < 1.29 is 14.7 Å². The number of carboxylic acid groups (broad SMARTS) is 1. The highest BCUT2D eigenvalue weighted by atomic mass is 79.9. The van der Waals surface area contributed by atoms with Crippen LogP contribution in [0.5, 0.6) is 0 Å². The summed E-state index contributed by atoms with van der Waals surface area (Å²) < 4.78 is 0.603. The lowest BCUT2D eigenvalue weighted by molar-refractivity contribution is -0.117. The Morgan fingerprint density at radius 1 is 1.56 bits per heavy atom. The van der Waals surface area contributed by atoms with Gasteiger partial charge in [-0.05, 0) is 35.0 Å². The molecular formula is C10H11BrN2O3. The maximum absolute atomic E-state index is 11.0. The van der Waals surface area contributed by atoms with Crippen LogP contribution in [0.4, 0.5) is 4.79 Å². The number of nitrogens with one attached hydrogen (secondary N) is 1. The van der Waals surface area contributed by atoms with Crippen LogP contribution >= 0.6 is 15.9 Å². The first-order valence-corrected chi connectivity index (χ1v) is 5.39. The van der Waals surface area contributed by atoms with Crippen LogP contribution in [-0.2, 0) is 4.79 Å². The molecule has 16 heavy (non-hydrogen) atoms. The summed E-state index contributed by atoms with van der Waals surface area (Å²) in [5, 5.41) is 10.9. The number of ketones is 1. The van der Waals surface area contributed by atoms with Gasteiger partial charge in [0.1, 0.15) is 10.4 Å². The van der Waals surface area contributed by atoms with E-state index in [2.05, 4.69) is 26.2 Å². The van der Waals surface area contributed by atoms with Gasteiger partial charge in [-0.2, -0.15) is 0 Å². The second-order valence-electron chi connectivity index (χ2n) is 3.29. The van der Waals surface area contributed by atoms with Crippen LogP contribution in [0, 0.1) is 0 Å². The first kappa shape index (κ1) is 12.6. The van der Waals surface area contributed by atoms with E-state index in [4.69, 9.17) is 5.11 Å². The fourth-order valence-electron chi connectivity index (χ4n) is 1.28. The highest BCUT2D eigenvalue weighted by molar-refractivity contribution is 9.10. The van der Waals surface area contributed by atoms with E-state index in [1.807, 2.05) is 0 Å². The standard InChI is InChI=1S/C10H11BrN2O3/c1-6(14)5-8(13-10(15)16)7-3-2-4-9(11)12-7/h2-4,8,13H,5H2,1H3,(H,15,16). The molecule has 1 amide bonds. The zero-order valence-corrected chi connectivity index (χ0v) is 10.2. The van der Waals surface area contributed by atoms with Crippen LogP contribution in [0.2, 0.25) is 0 Å². The predicted molar refractivity (Wildman–Crippen MR) is 61.1 cm³/mol. The van der Waals surface area contributed by atoms with Gasteiger partial charge in [0, 0.05) is 6.42 Å². The van der Waals surface area contributed by atoms with Gasteiger partial charge in [-0.1, -0.05) is 6.07 Å². The number of carbonyl (C=O) groups excluding carboxylic acids is 1. The van der Waals surface area contributed by atoms with Crippen molar-refractivity contribution in [3.63, 3.8) is 0 Å². The van der Waals surface area contributed by atoms with Crippen LogP contribution < -0.4 is 5.32 Å². The average Bonchev–Trinajstić information content (AvgIpc) is 2.15. The Morgan fingerprint density at radius 3 is 2.75 bits per heavy atom. The molecule has 0 aliphatic heterocycles. The molecule has 0 aliphatic carbocycles. The van der Waals surface area contributed by atoms with E-state index < -0.39 is 12.1 Å². The third-order valence-electron chi connectivity index (χ3n) is 1.88. The number of aromatic nitrogens is 1. The molecule has 1 heterocycles. The second kappa shape index (κ2) is 5.60. The maximum Gasteiger partial charge on any atom is 0.405 e. The molecule has 0 fully saturated rings. The Hall–Kier alpha value is -1.43. The smallest absolute Gasteiger partial charge is 0.405 e. The summed E-state index contributed by atoms with van der Waals surface area (Å²) in [5.74, 6) is -0.0967. The number of rotatable bonds is 4. The number of hydrogen-bond donors (Lipinski definition) is 2. The Kier molecular flexibility index (Phi) is 4.42. The predicted octanol–water partition coefficient (Wildman–Crippen LogP) is 2.13. The van der Waals surface area contributed by atoms with E-state index in [-0.39, 0.29) is 12.2 Å². The third-order valence-corrected chi connectivity index (χ3v) is 2.32. The average molecular weight is 287 g/mol. The molecule has 1 aromatic heterocycles. The number of Topliss-reactive ketones (excluding diaryl/α,β-unsaturated/α-hetero) is 1.